The number of aryl methyl sites for hydroxylation is 3. The third-order valence-corrected chi connectivity index (χ3v) is 5.56. The maximum Gasteiger partial charge on any atom is 0.229 e. The molecule has 0 saturated heterocycles. The van der Waals surface area contributed by atoms with Gasteiger partial charge in [0.05, 0.1) is 5.39 Å². The van der Waals surface area contributed by atoms with E-state index in [1.54, 1.807) is 4.68 Å². The lowest BCUT2D eigenvalue weighted by Gasteiger charge is -2.18. The highest BCUT2D eigenvalue weighted by molar-refractivity contribution is 5.90. The minimum atomic E-state index is 0.562. The van der Waals surface area contributed by atoms with Crippen molar-refractivity contribution in [3.8, 4) is 0 Å². The minimum Gasteiger partial charge on any atom is -0.338 e. The number of aromatic nitrogens is 4. The Hall–Kier alpha value is -3.45. The highest BCUT2D eigenvalue weighted by atomic mass is 15.3. The second kappa shape index (κ2) is 7.42. The zero-order valence-corrected chi connectivity index (χ0v) is 17.5. The third kappa shape index (κ3) is 3.48. The van der Waals surface area contributed by atoms with Gasteiger partial charge in [0.2, 0.25) is 5.95 Å². The van der Waals surface area contributed by atoms with Crippen molar-refractivity contribution in [1.82, 2.24) is 25.1 Å². The second-order valence-electron chi connectivity index (χ2n) is 7.88. The summed E-state index contributed by atoms with van der Waals surface area (Å²) in [7, 11) is 1.90. The van der Waals surface area contributed by atoms with Crippen molar-refractivity contribution in [2.75, 3.05) is 17.2 Å². The number of nitrogens with one attached hydrogen (secondary N) is 3. The molecule has 0 atom stereocenters. The highest BCUT2D eigenvalue weighted by Crippen LogP contribution is 2.27. The van der Waals surface area contributed by atoms with Gasteiger partial charge < -0.3 is 16.0 Å². The molecule has 0 bridgehead atoms. The van der Waals surface area contributed by atoms with E-state index in [0.717, 1.165) is 47.7 Å². The Labute approximate surface area is 175 Å². The summed E-state index contributed by atoms with van der Waals surface area (Å²) in [5.74, 6) is 1.32. The summed E-state index contributed by atoms with van der Waals surface area (Å²) in [4.78, 5) is 9.24. The molecule has 152 valence electrons. The van der Waals surface area contributed by atoms with Crippen LogP contribution >= 0.6 is 0 Å². The van der Waals surface area contributed by atoms with Gasteiger partial charge in [-0.1, -0.05) is 23.8 Å². The van der Waals surface area contributed by atoms with E-state index in [9.17, 15) is 0 Å². The SMILES string of the molecule is Cc1ccc(Nc2nn(C)c3nc(Nc4ccc5c(c4)CNCC5)ncc23)c(C)c1. The van der Waals surface area contributed by atoms with Gasteiger partial charge in [-0.05, 0) is 61.7 Å². The van der Waals surface area contributed by atoms with Gasteiger partial charge in [-0.3, -0.25) is 0 Å². The van der Waals surface area contributed by atoms with Crippen molar-refractivity contribution in [2.24, 2.45) is 7.05 Å². The Morgan fingerprint density at radius 3 is 2.80 bits per heavy atom. The van der Waals surface area contributed by atoms with Gasteiger partial charge in [-0.2, -0.15) is 10.1 Å². The number of hydrogen-bond acceptors (Lipinski definition) is 6. The molecule has 0 aliphatic carbocycles. The Kier molecular flexibility index (Phi) is 4.59. The number of rotatable bonds is 4. The molecule has 2 aromatic carbocycles. The van der Waals surface area contributed by atoms with E-state index in [-0.39, 0.29) is 0 Å². The van der Waals surface area contributed by atoms with Gasteiger partial charge >= 0.3 is 0 Å². The number of anilines is 4. The fourth-order valence-electron chi connectivity index (χ4n) is 3.96. The molecule has 30 heavy (non-hydrogen) atoms. The molecule has 0 saturated carbocycles. The first kappa shape index (κ1) is 18.6. The van der Waals surface area contributed by atoms with E-state index in [1.165, 1.54) is 22.3 Å². The summed E-state index contributed by atoms with van der Waals surface area (Å²) < 4.78 is 1.78. The Balaban J connectivity index is 1.43. The number of fused-ring (bicyclic) bond motifs is 2. The van der Waals surface area contributed by atoms with Crippen molar-refractivity contribution < 1.29 is 0 Å². The van der Waals surface area contributed by atoms with E-state index in [0.29, 0.717) is 5.95 Å². The number of benzene rings is 2. The Morgan fingerprint density at radius 2 is 1.93 bits per heavy atom. The monoisotopic (exact) mass is 399 g/mol. The van der Waals surface area contributed by atoms with Crippen LogP contribution in [-0.4, -0.2) is 26.3 Å². The predicted octanol–water partition coefficient (Wildman–Crippen LogP) is 4.11. The molecule has 7 heteroatoms. The maximum atomic E-state index is 4.70. The fourth-order valence-corrected chi connectivity index (χ4v) is 3.96. The molecule has 0 unspecified atom stereocenters. The molecule has 5 rings (SSSR count). The summed E-state index contributed by atoms with van der Waals surface area (Å²) in [5, 5.41) is 15.7. The summed E-state index contributed by atoms with van der Waals surface area (Å²) in [6.07, 6.45) is 2.90. The molecule has 2 aromatic heterocycles. The van der Waals surface area contributed by atoms with E-state index in [2.05, 4.69) is 76.3 Å². The third-order valence-electron chi connectivity index (χ3n) is 5.56. The van der Waals surface area contributed by atoms with E-state index in [1.807, 2.05) is 13.2 Å². The molecule has 0 fully saturated rings. The van der Waals surface area contributed by atoms with Gasteiger partial charge in [0.15, 0.2) is 11.5 Å². The van der Waals surface area contributed by atoms with Crippen LogP contribution in [-0.2, 0) is 20.0 Å². The molecule has 0 radical (unpaired) electrons. The van der Waals surface area contributed by atoms with E-state index in [4.69, 9.17) is 4.98 Å². The van der Waals surface area contributed by atoms with Crippen LogP contribution in [0.2, 0.25) is 0 Å². The topological polar surface area (TPSA) is 79.7 Å². The first-order valence-corrected chi connectivity index (χ1v) is 10.2. The lowest BCUT2D eigenvalue weighted by atomic mass is 10.0. The average molecular weight is 400 g/mol. The average Bonchev–Trinajstić information content (AvgIpc) is 3.05. The quantitative estimate of drug-likeness (QED) is 0.479. The summed E-state index contributed by atoms with van der Waals surface area (Å²) in [5.41, 5.74) is 7.95. The number of nitrogens with zero attached hydrogens (tertiary/aromatic N) is 4. The van der Waals surface area contributed by atoms with Gasteiger partial charge in [-0.15, -0.1) is 0 Å². The molecule has 4 aromatic rings. The summed E-state index contributed by atoms with van der Waals surface area (Å²) >= 11 is 0. The van der Waals surface area contributed by atoms with Crippen LogP contribution in [0.25, 0.3) is 11.0 Å². The predicted molar refractivity (Wildman–Crippen MR) is 121 cm³/mol. The lowest BCUT2D eigenvalue weighted by molar-refractivity contribution is 0.644. The van der Waals surface area contributed by atoms with Crippen LogP contribution < -0.4 is 16.0 Å². The molecule has 0 amide bonds. The van der Waals surface area contributed by atoms with Crippen LogP contribution in [0, 0.1) is 13.8 Å². The molecule has 3 heterocycles. The van der Waals surface area contributed by atoms with Crippen molar-refractivity contribution >= 4 is 34.2 Å². The van der Waals surface area contributed by atoms with E-state index < -0.39 is 0 Å². The van der Waals surface area contributed by atoms with Crippen LogP contribution in [0.15, 0.2) is 42.6 Å². The molecule has 1 aliphatic heterocycles. The number of hydrogen-bond donors (Lipinski definition) is 3. The first-order chi connectivity index (χ1) is 14.6. The second-order valence-corrected chi connectivity index (χ2v) is 7.88. The van der Waals surface area contributed by atoms with Gasteiger partial charge in [0.1, 0.15) is 0 Å². The smallest absolute Gasteiger partial charge is 0.229 e. The molecular weight excluding hydrogens is 374 g/mol. The standard InChI is InChI=1S/C23H25N7/c1-14-4-7-20(15(2)10-14)27-21-19-13-25-23(28-22(19)30(3)29-21)26-18-6-5-16-8-9-24-12-17(16)11-18/h4-7,10-11,13,24H,8-9,12H2,1-3H3,(H,27,29)(H,25,26,28). The van der Waals surface area contributed by atoms with Crippen molar-refractivity contribution in [2.45, 2.75) is 26.8 Å². The largest absolute Gasteiger partial charge is 0.338 e. The maximum absolute atomic E-state index is 4.70. The van der Waals surface area contributed by atoms with Crippen LogP contribution in [0.3, 0.4) is 0 Å². The summed E-state index contributed by atoms with van der Waals surface area (Å²) in [6, 6.07) is 12.8. The van der Waals surface area contributed by atoms with Crippen LogP contribution in [0.5, 0.6) is 0 Å². The molecule has 7 nitrogen and oxygen atoms in total. The zero-order valence-electron chi connectivity index (χ0n) is 17.5. The van der Waals surface area contributed by atoms with Crippen molar-refractivity contribution in [3.63, 3.8) is 0 Å². The van der Waals surface area contributed by atoms with Crippen molar-refractivity contribution in [1.29, 1.82) is 0 Å². The lowest BCUT2D eigenvalue weighted by Crippen LogP contribution is -2.23. The van der Waals surface area contributed by atoms with Crippen LogP contribution in [0.1, 0.15) is 22.3 Å². The summed E-state index contributed by atoms with van der Waals surface area (Å²) in [6.45, 7) is 6.12. The fraction of sp³-hybridized carbons (Fsp3) is 0.261. The highest BCUT2D eigenvalue weighted by Gasteiger charge is 2.14. The Morgan fingerprint density at radius 1 is 1.03 bits per heavy atom. The minimum absolute atomic E-state index is 0.562. The normalized spacial score (nSPS) is 13.3. The molecular formula is C23H25N7. The van der Waals surface area contributed by atoms with Gasteiger partial charge in [-0.25, -0.2) is 9.67 Å². The van der Waals surface area contributed by atoms with Gasteiger partial charge in [0, 0.05) is 31.2 Å². The molecule has 1 aliphatic rings. The van der Waals surface area contributed by atoms with Crippen molar-refractivity contribution in [3.05, 3.63) is 64.8 Å². The van der Waals surface area contributed by atoms with E-state index >= 15 is 0 Å². The molecule has 0 spiro atoms. The first-order valence-electron chi connectivity index (χ1n) is 10.2. The Bertz CT molecular complexity index is 1240. The van der Waals surface area contributed by atoms with Gasteiger partial charge in [0.25, 0.3) is 0 Å². The molecule has 3 N–H and O–H groups in total. The zero-order chi connectivity index (χ0) is 20.7. The van der Waals surface area contributed by atoms with Crippen LogP contribution in [0.4, 0.5) is 23.1 Å².